The zero-order chi connectivity index (χ0) is 17.6. The number of hydrogen-bond donors (Lipinski definition) is 0. The molecule has 1 aromatic carbocycles. The summed E-state index contributed by atoms with van der Waals surface area (Å²) in [5.74, 6) is 5.75. The number of methoxy groups -OCH3 is 1. The zero-order valence-corrected chi connectivity index (χ0v) is 13.2. The van der Waals surface area contributed by atoms with E-state index >= 15 is 0 Å². The Kier molecular flexibility index (Phi) is 4.77. The van der Waals surface area contributed by atoms with E-state index in [0.717, 1.165) is 0 Å². The van der Waals surface area contributed by atoms with Crippen molar-refractivity contribution in [3.05, 3.63) is 77.6 Å². The van der Waals surface area contributed by atoms with Gasteiger partial charge in [-0.2, -0.15) is 0 Å². The van der Waals surface area contributed by atoms with Gasteiger partial charge in [0.15, 0.2) is 5.76 Å². The summed E-state index contributed by atoms with van der Waals surface area (Å²) in [6.45, 7) is 0. The third kappa shape index (κ3) is 4.24. The van der Waals surface area contributed by atoms with E-state index in [0.29, 0.717) is 17.2 Å². The fraction of sp³-hybridized carbons (Fsp3) is 0.0526. The van der Waals surface area contributed by atoms with Crippen LogP contribution in [0.3, 0.4) is 0 Å². The summed E-state index contributed by atoms with van der Waals surface area (Å²) in [7, 11) is 1.29. The number of carbonyl (C=O) groups excluding carboxylic acids is 1. The minimum absolute atomic E-state index is 0.175. The molecule has 124 valence electrons. The maximum atomic E-state index is 12.9. The molecule has 0 radical (unpaired) electrons. The van der Waals surface area contributed by atoms with Gasteiger partial charge in [-0.05, 0) is 54.3 Å². The summed E-state index contributed by atoms with van der Waals surface area (Å²) >= 11 is 0. The van der Waals surface area contributed by atoms with Crippen molar-refractivity contribution >= 4 is 5.97 Å². The van der Waals surface area contributed by atoms with Crippen LogP contribution in [0.5, 0.6) is 11.7 Å². The van der Waals surface area contributed by atoms with Gasteiger partial charge in [-0.3, -0.25) is 0 Å². The number of halogens is 1. The van der Waals surface area contributed by atoms with E-state index in [4.69, 9.17) is 9.15 Å². The van der Waals surface area contributed by atoms with Gasteiger partial charge in [0, 0.05) is 6.07 Å². The van der Waals surface area contributed by atoms with Gasteiger partial charge in [0.1, 0.15) is 23.0 Å². The molecule has 6 heteroatoms. The molecule has 0 N–H and O–H groups in total. The Bertz CT molecular complexity index is 951. The first-order valence-corrected chi connectivity index (χ1v) is 7.25. The van der Waals surface area contributed by atoms with Crippen LogP contribution in [-0.4, -0.2) is 18.1 Å². The molecular weight excluding hydrogens is 325 g/mol. The molecule has 0 fully saturated rings. The smallest absolute Gasteiger partial charge is 0.356 e. The molecule has 25 heavy (non-hydrogen) atoms. The quantitative estimate of drug-likeness (QED) is 0.537. The number of rotatable bonds is 3. The molecule has 0 atom stereocenters. The normalized spacial score (nSPS) is 9.84. The minimum Gasteiger partial charge on any atom is -0.464 e. The molecule has 0 amide bonds. The molecule has 5 nitrogen and oxygen atoms in total. The average molecular weight is 337 g/mol. The summed E-state index contributed by atoms with van der Waals surface area (Å²) in [6, 6.07) is 13.7. The van der Waals surface area contributed by atoms with Crippen LogP contribution in [0.25, 0.3) is 0 Å². The number of furan rings is 1. The van der Waals surface area contributed by atoms with Crippen LogP contribution in [0.4, 0.5) is 4.39 Å². The lowest BCUT2D eigenvalue weighted by Gasteiger charge is -2.00. The Morgan fingerprint density at radius 1 is 1.08 bits per heavy atom. The van der Waals surface area contributed by atoms with E-state index in [2.05, 4.69) is 21.6 Å². The standard InChI is InChI=1S/C19H12FNO4/c1-23-19(22)17-4-2-3-14(21-17)7-10-16-11-12-18(25-16)24-15-8-5-13(20)6-9-15/h2-6,8-9,11-12H,1H3. The van der Waals surface area contributed by atoms with Crippen molar-refractivity contribution in [1.29, 1.82) is 0 Å². The largest absolute Gasteiger partial charge is 0.464 e. The molecule has 0 unspecified atom stereocenters. The maximum absolute atomic E-state index is 12.9. The highest BCUT2D eigenvalue weighted by Crippen LogP contribution is 2.23. The second-order valence-corrected chi connectivity index (χ2v) is 4.82. The molecular formula is C19H12FNO4. The third-order valence-electron chi connectivity index (χ3n) is 3.07. The van der Waals surface area contributed by atoms with Crippen molar-refractivity contribution < 1.29 is 23.1 Å². The van der Waals surface area contributed by atoms with E-state index < -0.39 is 5.97 Å². The van der Waals surface area contributed by atoms with E-state index in [9.17, 15) is 9.18 Å². The number of carbonyl (C=O) groups is 1. The van der Waals surface area contributed by atoms with Crippen molar-refractivity contribution in [3.63, 3.8) is 0 Å². The molecule has 0 aliphatic heterocycles. The Balaban J connectivity index is 1.73. The lowest BCUT2D eigenvalue weighted by molar-refractivity contribution is 0.0594. The number of hydrogen-bond acceptors (Lipinski definition) is 5. The first-order valence-electron chi connectivity index (χ1n) is 7.25. The highest BCUT2D eigenvalue weighted by molar-refractivity contribution is 5.87. The zero-order valence-electron chi connectivity index (χ0n) is 13.2. The fourth-order valence-electron chi connectivity index (χ4n) is 1.91. The molecule has 0 aliphatic rings. The number of nitrogens with zero attached hydrogens (tertiary/aromatic N) is 1. The number of benzene rings is 1. The fourth-order valence-corrected chi connectivity index (χ4v) is 1.91. The van der Waals surface area contributed by atoms with Crippen LogP contribution < -0.4 is 4.74 Å². The second kappa shape index (κ2) is 7.32. The van der Waals surface area contributed by atoms with Gasteiger partial charge in [0.2, 0.25) is 0 Å². The van der Waals surface area contributed by atoms with E-state index in [-0.39, 0.29) is 17.5 Å². The summed E-state index contributed by atoms with van der Waals surface area (Å²) in [4.78, 5) is 15.5. The monoisotopic (exact) mass is 337 g/mol. The highest BCUT2D eigenvalue weighted by atomic mass is 19.1. The number of ether oxygens (including phenoxy) is 2. The van der Waals surface area contributed by atoms with Crippen molar-refractivity contribution in [2.75, 3.05) is 7.11 Å². The predicted octanol–water partition coefficient (Wildman–Crippen LogP) is 3.79. The van der Waals surface area contributed by atoms with Crippen LogP contribution in [0.15, 0.2) is 59.0 Å². The molecule has 3 aromatic rings. The van der Waals surface area contributed by atoms with Gasteiger partial charge in [0.05, 0.1) is 7.11 Å². The SMILES string of the molecule is COC(=O)c1cccc(C#Cc2ccc(Oc3ccc(F)cc3)o2)n1. The summed E-state index contributed by atoms with van der Waals surface area (Å²) in [5.41, 5.74) is 0.578. The highest BCUT2D eigenvalue weighted by Gasteiger charge is 2.07. The van der Waals surface area contributed by atoms with Crippen LogP contribution in [0.1, 0.15) is 21.9 Å². The van der Waals surface area contributed by atoms with Gasteiger partial charge in [-0.25, -0.2) is 14.2 Å². The Morgan fingerprint density at radius 2 is 1.88 bits per heavy atom. The van der Waals surface area contributed by atoms with Crippen molar-refractivity contribution in [2.45, 2.75) is 0 Å². The predicted molar refractivity (Wildman–Crippen MR) is 86.7 cm³/mol. The molecule has 0 saturated heterocycles. The molecule has 0 bridgehead atoms. The molecule has 0 saturated carbocycles. The number of esters is 1. The summed E-state index contributed by atoms with van der Waals surface area (Å²) < 4.78 is 28.4. The molecule has 0 spiro atoms. The first kappa shape index (κ1) is 16.3. The summed E-state index contributed by atoms with van der Waals surface area (Å²) in [5, 5.41) is 0. The molecule has 2 heterocycles. The summed E-state index contributed by atoms with van der Waals surface area (Å²) in [6.07, 6.45) is 0. The minimum atomic E-state index is -0.531. The second-order valence-electron chi connectivity index (χ2n) is 4.82. The Labute approximate surface area is 143 Å². The number of pyridine rings is 1. The van der Waals surface area contributed by atoms with Gasteiger partial charge in [-0.1, -0.05) is 6.07 Å². The van der Waals surface area contributed by atoms with E-state index in [1.807, 2.05) is 0 Å². The third-order valence-corrected chi connectivity index (χ3v) is 3.07. The van der Waals surface area contributed by atoms with Crippen LogP contribution in [-0.2, 0) is 4.74 Å². The molecule has 2 aromatic heterocycles. The Hall–Kier alpha value is -3.59. The van der Waals surface area contributed by atoms with Crippen molar-refractivity contribution in [1.82, 2.24) is 4.98 Å². The van der Waals surface area contributed by atoms with Gasteiger partial charge in [-0.15, -0.1) is 0 Å². The number of aromatic nitrogens is 1. The van der Waals surface area contributed by atoms with Gasteiger partial charge < -0.3 is 13.9 Å². The van der Waals surface area contributed by atoms with Gasteiger partial charge >= 0.3 is 5.97 Å². The van der Waals surface area contributed by atoms with Gasteiger partial charge in [0.25, 0.3) is 5.95 Å². The van der Waals surface area contributed by atoms with Crippen LogP contribution >= 0.6 is 0 Å². The first-order chi connectivity index (χ1) is 12.1. The molecule has 3 rings (SSSR count). The average Bonchev–Trinajstić information content (AvgIpc) is 3.09. The lowest BCUT2D eigenvalue weighted by atomic mass is 10.3. The van der Waals surface area contributed by atoms with E-state index in [1.165, 1.54) is 31.4 Å². The topological polar surface area (TPSA) is 61.6 Å². The van der Waals surface area contributed by atoms with Crippen molar-refractivity contribution in [3.8, 4) is 23.5 Å². The molecule has 0 aliphatic carbocycles. The van der Waals surface area contributed by atoms with Crippen LogP contribution in [0, 0.1) is 17.7 Å². The van der Waals surface area contributed by atoms with Crippen LogP contribution in [0.2, 0.25) is 0 Å². The maximum Gasteiger partial charge on any atom is 0.356 e. The lowest BCUT2D eigenvalue weighted by Crippen LogP contribution is -2.04. The van der Waals surface area contributed by atoms with E-state index in [1.54, 1.807) is 30.3 Å². The Morgan fingerprint density at radius 3 is 2.64 bits per heavy atom. The van der Waals surface area contributed by atoms with Crippen molar-refractivity contribution in [2.24, 2.45) is 0 Å².